The van der Waals surface area contributed by atoms with Crippen LogP contribution >= 0.6 is 11.8 Å². The van der Waals surface area contributed by atoms with Gasteiger partial charge in [-0.3, -0.25) is 0 Å². The maximum Gasteiger partial charge on any atom is 0.0795 e. The van der Waals surface area contributed by atoms with E-state index < -0.39 is 0 Å². The lowest BCUT2D eigenvalue weighted by molar-refractivity contribution is -0.0700. The minimum Gasteiger partial charge on any atom is -0.374 e. The van der Waals surface area contributed by atoms with E-state index in [-0.39, 0.29) is 5.60 Å². The van der Waals surface area contributed by atoms with E-state index in [1.54, 1.807) is 0 Å². The molecule has 2 aliphatic rings. The summed E-state index contributed by atoms with van der Waals surface area (Å²) in [5.41, 5.74) is 0.236. The van der Waals surface area contributed by atoms with E-state index in [0.29, 0.717) is 6.04 Å². The van der Waals surface area contributed by atoms with Crippen LogP contribution in [0.4, 0.5) is 0 Å². The van der Waals surface area contributed by atoms with E-state index in [0.717, 1.165) is 6.61 Å². The van der Waals surface area contributed by atoms with E-state index >= 15 is 0 Å². The fourth-order valence-corrected chi connectivity index (χ4v) is 5.01. The number of hydrogen-bond donors (Lipinski definition) is 1. The van der Waals surface area contributed by atoms with E-state index in [2.05, 4.69) is 24.0 Å². The summed E-state index contributed by atoms with van der Waals surface area (Å²) < 4.78 is 6.09. The Kier molecular flexibility index (Phi) is 8.49. The summed E-state index contributed by atoms with van der Waals surface area (Å²) >= 11 is 2.07. The Labute approximate surface area is 136 Å². The van der Waals surface area contributed by atoms with Gasteiger partial charge in [0.25, 0.3) is 0 Å². The predicted octanol–water partition coefficient (Wildman–Crippen LogP) is 4.77. The van der Waals surface area contributed by atoms with E-state index in [9.17, 15) is 0 Å². The molecule has 0 radical (unpaired) electrons. The third-order valence-corrected chi connectivity index (χ3v) is 6.25. The standard InChI is InChI=1S/C18H35NOS/c1-2-3-4-5-6-7-8-9-12-19-17-10-13-20-18(15-17)11-14-21-16-18/h17,19H,2-16H2,1H3. The Bertz CT molecular complexity index is 266. The van der Waals surface area contributed by atoms with Crippen LogP contribution < -0.4 is 5.32 Å². The quantitative estimate of drug-likeness (QED) is 0.587. The smallest absolute Gasteiger partial charge is 0.0795 e. The fourth-order valence-electron chi connectivity index (χ4n) is 3.63. The van der Waals surface area contributed by atoms with E-state index in [4.69, 9.17) is 4.74 Å². The highest BCUT2D eigenvalue weighted by molar-refractivity contribution is 7.99. The van der Waals surface area contributed by atoms with Gasteiger partial charge in [0.2, 0.25) is 0 Å². The lowest BCUT2D eigenvalue weighted by atomic mass is 9.90. The Morgan fingerprint density at radius 1 is 1.10 bits per heavy atom. The molecule has 0 aromatic carbocycles. The molecule has 0 aliphatic carbocycles. The van der Waals surface area contributed by atoms with Crippen LogP contribution in [0.2, 0.25) is 0 Å². The van der Waals surface area contributed by atoms with Crippen LogP contribution in [-0.4, -0.2) is 36.3 Å². The first-order chi connectivity index (χ1) is 10.3. The third-order valence-electron chi connectivity index (χ3n) is 5.02. The molecule has 2 rings (SSSR count). The second-order valence-corrected chi connectivity index (χ2v) is 8.06. The minimum atomic E-state index is 0.236. The monoisotopic (exact) mass is 313 g/mol. The zero-order chi connectivity index (χ0) is 14.8. The summed E-state index contributed by atoms with van der Waals surface area (Å²) in [5, 5.41) is 3.79. The molecule has 2 nitrogen and oxygen atoms in total. The van der Waals surface area contributed by atoms with Crippen LogP contribution in [0.15, 0.2) is 0 Å². The molecule has 0 saturated carbocycles. The van der Waals surface area contributed by atoms with Gasteiger partial charge in [-0.05, 0) is 38.0 Å². The van der Waals surface area contributed by atoms with Crippen LogP contribution in [0.5, 0.6) is 0 Å². The Hall–Kier alpha value is 0.270. The van der Waals surface area contributed by atoms with Crippen molar-refractivity contribution in [2.45, 2.75) is 89.2 Å². The highest BCUT2D eigenvalue weighted by Crippen LogP contribution is 2.38. The fraction of sp³-hybridized carbons (Fsp3) is 1.00. The van der Waals surface area contributed by atoms with Gasteiger partial charge in [-0.25, -0.2) is 0 Å². The van der Waals surface area contributed by atoms with Crippen molar-refractivity contribution in [2.24, 2.45) is 0 Å². The maximum absolute atomic E-state index is 6.09. The van der Waals surface area contributed by atoms with Crippen molar-refractivity contribution in [3.8, 4) is 0 Å². The number of nitrogens with one attached hydrogen (secondary N) is 1. The van der Waals surface area contributed by atoms with Gasteiger partial charge in [0.05, 0.1) is 5.60 Å². The average molecular weight is 314 g/mol. The van der Waals surface area contributed by atoms with Gasteiger partial charge in [-0.1, -0.05) is 51.9 Å². The summed E-state index contributed by atoms with van der Waals surface area (Å²) in [7, 11) is 0. The largest absolute Gasteiger partial charge is 0.374 e. The molecule has 2 aliphatic heterocycles. The summed E-state index contributed by atoms with van der Waals surface area (Å²) in [5.74, 6) is 2.52. The van der Waals surface area contributed by atoms with Crippen molar-refractivity contribution < 1.29 is 4.74 Å². The molecule has 1 N–H and O–H groups in total. The molecule has 2 unspecified atom stereocenters. The molecule has 1 spiro atoms. The number of unbranched alkanes of at least 4 members (excludes halogenated alkanes) is 7. The van der Waals surface area contributed by atoms with Gasteiger partial charge >= 0.3 is 0 Å². The molecule has 2 fully saturated rings. The van der Waals surface area contributed by atoms with E-state index in [1.807, 2.05) is 0 Å². The first-order valence-corrected chi connectivity index (χ1v) is 10.5. The van der Waals surface area contributed by atoms with Crippen LogP contribution in [-0.2, 0) is 4.74 Å². The topological polar surface area (TPSA) is 21.3 Å². The molecule has 0 aromatic rings. The molecule has 3 heteroatoms. The molecule has 0 aromatic heterocycles. The minimum absolute atomic E-state index is 0.236. The Balaban J connectivity index is 1.45. The highest BCUT2D eigenvalue weighted by atomic mass is 32.2. The van der Waals surface area contributed by atoms with Crippen molar-refractivity contribution in [1.29, 1.82) is 0 Å². The van der Waals surface area contributed by atoms with Crippen molar-refractivity contribution in [1.82, 2.24) is 5.32 Å². The summed E-state index contributed by atoms with van der Waals surface area (Å²) in [6.45, 7) is 4.47. The summed E-state index contributed by atoms with van der Waals surface area (Å²) in [4.78, 5) is 0. The molecular formula is C18H35NOS. The number of ether oxygens (including phenoxy) is 1. The number of thioether (sulfide) groups is 1. The van der Waals surface area contributed by atoms with Crippen molar-refractivity contribution >= 4 is 11.8 Å². The Morgan fingerprint density at radius 3 is 2.57 bits per heavy atom. The molecule has 2 atom stereocenters. The van der Waals surface area contributed by atoms with Gasteiger partial charge in [-0.15, -0.1) is 0 Å². The molecule has 124 valence electrons. The molecule has 0 amide bonds. The second-order valence-electron chi connectivity index (χ2n) is 6.95. The number of hydrogen-bond acceptors (Lipinski definition) is 3. The molecular weight excluding hydrogens is 278 g/mol. The van der Waals surface area contributed by atoms with E-state index in [1.165, 1.54) is 88.7 Å². The lowest BCUT2D eigenvalue weighted by Crippen LogP contribution is -2.47. The molecule has 0 bridgehead atoms. The molecule has 2 saturated heterocycles. The van der Waals surface area contributed by atoms with Crippen molar-refractivity contribution in [3.05, 3.63) is 0 Å². The van der Waals surface area contributed by atoms with Crippen molar-refractivity contribution in [3.63, 3.8) is 0 Å². The Morgan fingerprint density at radius 2 is 1.86 bits per heavy atom. The van der Waals surface area contributed by atoms with Gasteiger partial charge in [0, 0.05) is 18.4 Å². The van der Waals surface area contributed by atoms with Gasteiger partial charge in [0.1, 0.15) is 0 Å². The summed E-state index contributed by atoms with van der Waals surface area (Å²) in [6.07, 6.45) is 15.0. The SMILES string of the molecule is CCCCCCCCCCNC1CCOC2(CCSC2)C1. The second kappa shape index (κ2) is 10.1. The zero-order valence-corrected chi connectivity index (χ0v) is 14.8. The first kappa shape index (κ1) is 17.6. The van der Waals surface area contributed by atoms with Gasteiger partial charge < -0.3 is 10.1 Å². The predicted molar refractivity (Wildman–Crippen MR) is 94.3 cm³/mol. The zero-order valence-electron chi connectivity index (χ0n) is 14.0. The highest BCUT2D eigenvalue weighted by Gasteiger charge is 2.40. The van der Waals surface area contributed by atoms with Crippen LogP contribution in [0.1, 0.15) is 77.6 Å². The summed E-state index contributed by atoms with van der Waals surface area (Å²) in [6, 6.07) is 0.710. The van der Waals surface area contributed by atoms with Gasteiger partial charge in [0.15, 0.2) is 0 Å². The van der Waals surface area contributed by atoms with Crippen molar-refractivity contribution in [2.75, 3.05) is 24.7 Å². The third kappa shape index (κ3) is 6.50. The first-order valence-electron chi connectivity index (χ1n) is 9.30. The van der Waals surface area contributed by atoms with Gasteiger partial charge in [-0.2, -0.15) is 11.8 Å². The average Bonchev–Trinajstić information content (AvgIpc) is 2.93. The molecule has 2 heterocycles. The van der Waals surface area contributed by atoms with Crippen LogP contribution in [0.3, 0.4) is 0 Å². The van der Waals surface area contributed by atoms with Crippen LogP contribution in [0, 0.1) is 0 Å². The van der Waals surface area contributed by atoms with Crippen LogP contribution in [0.25, 0.3) is 0 Å². The maximum atomic E-state index is 6.09. The lowest BCUT2D eigenvalue weighted by Gasteiger charge is -2.38. The normalized spacial score (nSPS) is 29.3. The number of rotatable bonds is 10. The molecule has 21 heavy (non-hydrogen) atoms.